The highest BCUT2D eigenvalue weighted by Crippen LogP contribution is 2.21. The maximum Gasteiger partial charge on any atom is 0.283 e. The number of halogens is 1. The second-order valence-electron chi connectivity index (χ2n) is 6.16. The van der Waals surface area contributed by atoms with Gasteiger partial charge in [-0.05, 0) is 49.0 Å². The van der Waals surface area contributed by atoms with Crippen molar-refractivity contribution in [1.82, 2.24) is 9.78 Å². The van der Waals surface area contributed by atoms with Crippen LogP contribution in [0.1, 0.15) is 47.1 Å². The Morgan fingerprint density at radius 3 is 2.55 bits per heavy atom. The summed E-state index contributed by atoms with van der Waals surface area (Å²) in [5, 5.41) is 17.5. The molecule has 0 aromatic carbocycles. The summed E-state index contributed by atoms with van der Waals surface area (Å²) >= 11 is 3.30. The number of hydrogen-bond donors (Lipinski definition) is 2. The Kier molecular flexibility index (Phi) is 5.77. The Hall–Kier alpha value is -0.880. The van der Waals surface area contributed by atoms with Crippen molar-refractivity contribution in [3.05, 3.63) is 21.0 Å². The van der Waals surface area contributed by atoms with Crippen molar-refractivity contribution in [2.45, 2.75) is 52.7 Å². The molecule has 0 aliphatic rings. The third kappa shape index (κ3) is 4.59. The lowest BCUT2D eigenvalue weighted by atomic mass is 9.94. The van der Waals surface area contributed by atoms with E-state index in [1.165, 1.54) is 4.68 Å². The topological polar surface area (TPSA) is 67.2 Å². The molecule has 1 aromatic heterocycles. The molecule has 0 aliphatic heterocycles. The third-order valence-electron chi connectivity index (χ3n) is 2.94. The van der Waals surface area contributed by atoms with E-state index in [0.29, 0.717) is 29.0 Å². The Labute approximate surface area is 128 Å². The zero-order valence-corrected chi connectivity index (χ0v) is 14.4. The van der Waals surface area contributed by atoms with Crippen LogP contribution in [-0.4, -0.2) is 27.0 Å². The summed E-state index contributed by atoms with van der Waals surface area (Å²) in [6.07, 6.45) is 2.30. The summed E-state index contributed by atoms with van der Waals surface area (Å²) in [5.41, 5.74) is -0.384. The number of hydrogen-bond acceptors (Lipinski definition) is 4. The average molecular weight is 346 g/mol. The first-order valence-corrected chi connectivity index (χ1v) is 7.67. The Balaban J connectivity index is 2.85. The first-order chi connectivity index (χ1) is 9.14. The second kappa shape index (κ2) is 6.72. The summed E-state index contributed by atoms with van der Waals surface area (Å²) in [5.74, 6) is 0.405. The highest BCUT2D eigenvalue weighted by atomic mass is 79.9. The predicted molar refractivity (Wildman–Crippen MR) is 85.2 cm³/mol. The molecule has 1 unspecified atom stereocenters. The van der Waals surface area contributed by atoms with E-state index in [9.17, 15) is 9.90 Å². The SMILES string of the molecule is CC(C)CC(C)(O)CNc1cnn(C(C)C)c(=O)c1Br. The molecule has 0 saturated heterocycles. The van der Waals surface area contributed by atoms with Crippen LogP contribution in [0.5, 0.6) is 0 Å². The zero-order valence-electron chi connectivity index (χ0n) is 12.8. The van der Waals surface area contributed by atoms with Gasteiger partial charge in [-0.1, -0.05) is 13.8 Å². The van der Waals surface area contributed by atoms with Crippen LogP contribution < -0.4 is 10.9 Å². The van der Waals surface area contributed by atoms with Crippen LogP contribution in [0.25, 0.3) is 0 Å². The number of aliphatic hydroxyl groups is 1. The molecule has 2 N–H and O–H groups in total. The minimum Gasteiger partial charge on any atom is -0.388 e. The van der Waals surface area contributed by atoms with Crippen LogP contribution in [0.15, 0.2) is 15.5 Å². The number of aromatic nitrogens is 2. The van der Waals surface area contributed by atoms with E-state index < -0.39 is 5.60 Å². The van der Waals surface area contributed by atoms with Crippen LogP contribution in [0, 0.1) is 5.92 Å². The molecule has 0 fully saturated rings. The minimum atomic E-state index is -0.819. The Bertz CT molecular complexity index is 510. The van der Waals surface area contributed by atoms with Crippen molar-refractivity contribution in [2.75, 3.05) is 11.9 Å². The summed E-state index contributed by atoms with van der Waals surface area (Å²) in [6.45, 7) is 10.1. The zero-order chi connectivity index (χ0) is 15.5. The van der Waals surface area contributed by atoms with Crippen molar-refractivity contribution in [3.63, 3.8) is 0 Å². The molecule has 1 aromatic rings. The first kappa shape index (κ1) is 17.2. The van der Waals surface area contributed by atoms with E-state index >= 15 is 0 Å². The van der Waals surface area contributed by atoms with Crippen LogP contribution >= 0.6 is 15.9 Å². The molecule has 0 aliphatic carbocycles. The lowest BCUT2D eigenvalue weighted by molar-refractivity contribution is 0.0515. The van der Waals surface area contributed by atoms with Gasteiger partial charge >= 0.3 is 0 Å². The molecule has 0 spiro atoms. The maximum atomic E-state index is 12.1. The van der Waals surface area contributed by atoms with Crippen LogP contribution in [-0.2, 0) is 0 Å². The van der Waals surface area contributed by atoms with Gasteiger partial charge in [0.25, 0.3) is 5.56 Å². The highest BCUT2D eigenvalue weighted by molar-refractivity contribution is 9.10. The average Bonchev–Trinajstić information content (AvgIpc) is 2.29. The molecule has 0 radical (unpaired) electrons. The molecule has 1 heterocycles. The van der Waals surface area contributed by atoms with Gasteiger partial charge in [0, 0.05) is 6.54 Å². The summed E-state index contributed by atoms with van der Waals surface area (Å²) < 4.78 is 1.86. The van der Waals surface area contributed by atoms with Crippen molar-refractivity contribution >= 4 is 21.6 Å². The molecule has 0 bridgehead atoms. The van der Waals surface area contributed by atoms with Gasteiger partial charge in [0.05, 0.1) is 23.5 Å². The third-order valence-corrected chi connectivity index (χ3v) is 3.71. The molecule has 0 amide bonds. The van der Waals surface area contributed by atoms with E-state index in [2.05, 4.69) is 40.2 Å². The summed E-state index contributed by atoms with van der Waals surface area (Å²) in [4.78, 5) is 12.1. The van der Waals surface area contributed by atoms with Gasteiger partial charge in [0.1, 0.15) is 4.47 Å². The van der Waals surface area contributed by atoms with Crippen LogP contribution in [0.4, 0.5) is 5.69 Å². The second-order valence-corrected chi connectivity index (χ2v) is 6.96. The Morgan fingerprint density at radius 2 is 2.05 bits per heavy atom. The van der Waals surface area contributed by atoms with E-state index in [-0.39, 0.29) is 11.6 Å². The van der Waals surface area contributed by atoms with E-state index in [0.717, 1.165) is 0 Å². The quantitative estimate of drug-likeness (QED) is 0.831. The van der Waals surface area contributed by atoms with Gasteiger partial charge in [-0.25, -0.2) is 4.68 Å². The predicted octanol–water partition coefficient (Wildman–Crippen LogP) is 2.80. The maximum absolute atomic E-state index is 12.1. The molecule has 6 heteroatoms. The van der Waals surface area contributed by atoms with Crippen molar-refractivity contribution < 1.29 is 5.11 Å². The van der Waals surface area contributed by atoms with E-state index in [1.807, 2.05) is 13.8 Å². The standard InChI is InChI=1S/C14H24BrN3O2/c1-9(2)6-14(5,20)8-16-11-7-17-18(10(3)4)13(19)12(11)15/h7,9-10,16,20H,6,8H2,1-5H3. The van der Waals surface area contributed by atoms with E-state index in [1.54, 1.807) is 13.1 Å². The number of anilines is 1. The van der Waals surface area contributed by atoms with Crippen LogP contribution in [0.3, 0.4) is 0 Å². The van der Waals surface area contributed by atoms with Gasteiger partial charge in [-0.15, -0.1) is 0 Å². The molecule has 20 heavy (non-hydrogen) atoms. The van der Waals surface area contributed by atoms with Gasteiger partial charge in [-0.2, -0.15) is 5.10 Å². The molecule has 0 saturated carbocycles. The molecular weight excluding hydrogens is 322 g/mol. The van der Waals surface area contributed by atoms with Crippen molar-refractivity contribution in [2.24, 2.45) is 5.92 Å². The number of nitrogens with zero attached hydrogens (tertiary/aromatic N) is 2. The summed E-state index contributed by atoms with van der Waals surface area (Å²) in [7, 11) is 0. The lowest BCUT2D eigenvalue weighted by Crippen LogP contribution is -2.35. The number of rotatable bonds is 6. The molecule has 1 rings (SSSR count). The van der Waals surface area contributed by atoms with E-state index in [4.69, 9.17) is 0 Å². The molecular formula is C14H24BrN3O2. The summed E-state index contributed by atoms with van der Waals surface area (Å²) in [6, 6.07) is 0.0110. The first-order valence-electron chi connectivity index (χ1n) is 6.87. The monoisotopic (exact) mass is 345 g/mol. The fourth-order valence-corrected chi connectivity index (χ4v) is 2.60. The van der Waals surface area contributed by atoms with Crippen molar-refractivity contribution in [1.29, 1.82) is 0 Å². The molecule has 1 atom stereocenters. The smallest absolute Gasteiger partial charge is 0.283 e. The van der Waals surface area contributed by atoms with Crippen molar-refractivity contribution in [3.8, 4) is 0 Å². The van der Waals surface area contributed by atoms with Gasteiger partial charge < -0.3 is 10.4 Å². The highest BCUT2D eigenvalue weighted by Gasteiger charge is 2.22. The van der Waals surface area contributed by atoms with Gasteiger partial charge in [0.15, 0.2) is 0 Å². The molecule has 5 nitrogen and oxygen atoms in total. The molecule has 114 valence electrons. The largest absolute Gasteiger partial charge is 0.388 e. The number of nitrogens with one attached hydrogen (secondary N) is 1. The Morgan fingerprint density at radius 1 is 1.45 bits per heavy atom. The fourth-order valence-electron chi connectivity index (χ4n) is 2.17. The van der Waals surface area contributed by atoms with Gasteiger partial charge in [-0.3, -0.25) is 4.79 Å². The lowest BCUT2D eigenvalue weighted by Gasteiger charge is -2.26. The normalized spacial score (nSPS) is 14.7. The van der Waals surface area contributed by atoms with Gasteiger partial charge in [0.2, 0.25) is 0 Å². The minimum absolute atomic E-state index is 0.0110. The fraction of sp³-hybridized carbons (Fsp3) is 0.714. The van der Waals surface area contributed by atoms with Crippen LogP contribution in [0.2, 0.25) is 0 Å².